The van der Waals surface area contributed by atoms with E-state index >= 15 is 0 Å². The van der Waals surface area contributed by atoms with Gasteiger partial charge in [-0.3, -0.25) is 18.9 Å². The number of ketones is 2. The van der Waals surface area contributed by atoms with Crippen LogP contribution in [-0.4, -0.2) is 90.9 Å². The van der Waals surface area contributed by atoms with Gasteiger partial charge in [0, 0.05) is 41.4 Å². The van der Waals surface area contributed by atoms with Crippen molar-refractivity contribution in [3.05, 3.63) is 0 Å². The van der Waals surface area contributed by atoms with Crippen molar-refractivity contribution in [2.75, 3.05) is 26.4 Å². The van der Waals surface area contributed by atoms with E-state index in [1.807, 2.05) is 0 Å². The normalized spacial score (nSPS) is 49.0. The maximum Gasteiger partial charge on any atom is 0.465 e. The van der Waals surface area contributed by atoms with Crippen molar-refractivity contribution in [1.29, 1.82) is 0 Å². The van der Waals surface area contributed by atoms with Crippen molar-refractivity contribution >= 4 is 33.6 Å². The highest BCUT2D eigenvalue weighted by Crippen LogP contribution is 2.63. The zero-order chi connectivity index (χ0) is 39.3. The largest absolute Gasteiger partial charge is 0.465 e. The lowest BCUT2D eigenvalue weighted by molar-refractivity contribution is -0.372. The van der Waals surface area contributed by atoms with Gasteiger partial charge in [0.05, 0.1) is 30.7 Å². The molecule has 12 rings (SSSR count). The zero-order valence-electron chi connectivity index (χ0n) is 31.5. The van der Waals surface area contributed by atoms with E-state index < -0.39 is 61.2 Å². The Balaban J connectivity index is 0.874. The molecule has 9 unspecified atom stereocenters. The molecule has 0 aromatic heterocycles. The third-order valence-electron chi connectivity index (χ3n) is 16.8. The van der Waals surface area contributed by atoms with Crippen LogP contribution in [0.2, 0.25) is 0 Å². The Labute approximate surface area is 324 Å². The maximum absolute atomic E-state index is 14.4. The van der Waals surface area contributed by atoms with Crippen molar-refractivity contribution in [2.45, 2.75) is 126 Å². The fraction of sp³-hybridized carbons (Fsp3) is 0.900. The molecule has 1 saturated heterocycles. The molecule has 16 heteroatoms. The summed E-state index contributed by atoms with van der Waals surface area (Å²) in [7, 11) is -6.04. The molecule has 13 nitrogen and oxygen atoms in total. The van der Waals surface area contributed by atoms with Crippen molar-refractivity contribution < 1.29 is 69.7 Å². The van der Waals surface area contributed by atoms with E-state index in [1.54, 1.807) is 0 Å². The highest BCUT2D eigenvalue weighted by Gasteiger charge is 2.66. The molecule has 12 aliphatic rings. The molecule has 0 aromatic rings. The number of carbonyl (C=O) groups is 4. The van der Waals surface area contributed by atoms with Gasteiger partial charge in [0.2, 0.25) is 0 Å². The summed E-state index contributed by atoms with van der Waals surface area (Å²) in [4.78, 5) is 52.4. The number of fused-ring (bicyclic) bond motifs is 3. The monoisotopic (exact) mass is 810 g/mol. The van der Waals surface area contributed by atoms with Gasteiger partial charge < -0.3 is 28.8 Å². The average Bonchev–Trinajstić information content (AvgIpc) is 3.14. The number of hydrogen-bond donors (Lipinski definition) is 2. The fourth-order valence-electron chi connectivity index (χ4n) is 14.5. The van der Waals surface area contributed by atoms with Crippen LogP contribution in [0.3, 0.4) is 0 Å². The Morgan fingerprint density at radius 1 is 0.804 bits per heavy atom. The number of carbonyl (C=O) groups excluding carboxylic acids is 4. The van der Waals surface area contributed by atoms with Gasteiger partial charge in [-0.05, 0) is 120 Å². The fourth-order valence-corrected chi connectivity index (χ4v) is 14.8. The van der Waals surface area contributed by atoms with E-state index in [0.717, 1.165) is 32.1 Å². The highest BCUT2D eigenvalue weighted by atomic mass is 32.2. The summed E-state index contributed by atoms with van der Waals surface area (Å²) in [5.41, 5.74) is -3.67. The third kappa shape index (κ3) is 5.75. The van der Waals surface area contributed by atoms with Gasteiger partial charge in [0.1, 0.15) is 23.8 Å². The van der Waals surface area contributed by atoms with Crippen LogP contribution in [0.15, 0.2) is 0 Å². The molecule has 11 saturated carbocycles. The minimum Gasteiger partial charge on any atom is -0.464 e. The molecule has 1 heterocycles. The summed E-state index contributed by atoms with van der Waals surface area (Å²) in [6.45, 7) is -0.136. The van der Waals surface area contributed by atoms with Gasteiger partial charge in [-0.2, -0.15) is 17.2 Å². The number of Topliss-reactive ketones (excluding diaryl/α,β-unsaturated/α-hetero) is 2. The van der Waals surface area contributed by atoms with Crippen LogP contribution in [-0.2, 0) is 53.0 Å². The number of hydrogen-bond acceptors (Lipinski definition) is 12. The van der Waals surface area contributed by atoms with E-state index in [0.29, 0.717) is 69.0 Å². The van der Waals surface area contributed by atoms with Gasteiger partial charge in [-0.25, -0.2) is 4.79 Å². The minimum atomic E-state index is -6.04. The van der Waals surface area contributed by atoms with Gasteiger partial charge in [-0.15, -0.1) is 0 Å². The first-order valence-corrected chi connectivity index (χ1v) is 22.2. The topological polar surface area (TPSA) is 189 Å². The number of rotatable bonds is 10. The van der Waals surface area contributed by atoms with Gasteiger partial charge in [0.15, 0.2) is 12.1 Å². The lowest BCUT2D eigenvalue weighted by atomic mass is 9.49. The Morgan fingerprint density at radius 2 is 1.41 bits per heavy atom. The molecule has 11 bridgehead atoms. The van der Waals surface area contributed by atoms with E-state index in [2.05, 4.69) is 0 Å². The molecular weight excluding hydrogens is 758 g/mol. The van der Waals surface area contributed by atoms with Crippen LogP contribution in [0.5, 0.6) is 0 Å². The summed E-state index contributed by atoms with van der Waals surface area (Å²) in [5, 5.41) is 6.63. The number of halogens is 2. The third-order valence-corrected chi connectivity index (χ3v) is 17.6. The summed E-state index contributed by atoms with van der Waals surface area (Å²) < 4.78 is 91.9. The number of aliphatic hydroxyl groups excluding tert-OH is 1. The zero-order valence-corrected chi connectivity index (χ0v) is 32.3. The molecule has 2 N–H and O–H groups in total. The lowest BCUT2D eigenvalue weighted by Crippen LogP contribution is -2.65. The number of esters is 2. The van der Waals surface area contributed by atoms with Gasteiger partial charge in [0.25, 0.3) is 0 Å². The molecule has 12 fully saturated rings. The first kappa shape index (κ1) is 38.1. The lowest BCUT2D eigenvalue weighted by Gasteiger charge is -2.61. The van der Waals surface area contributed by atoms with E-state index in [9.17, 15) is 41.5 Å². The van der Waals surface area contributed by atoms with Crippen LogP contribution in [0.25, 0.3) is 0 Å². The van der Waals surface area contributed by atoms with Crippen LogP contribution < -0.4 is 0 Å². The molecule has 0 radical (unpaired) electrons. The standard InChI is InChI=1S/C40H52F2O13S/c41-40(42,56(48,49)50)34(47)55-38-2-1-23-15-39(29(16-38)7-24(23)14-38)53-19-35(20-54-39,17-51-32(45)36-8-21-3-25(10-36)30(43)26(4-21)11-36)18-52-33(46)37-9-22-5-27(12-37)31(44)28(6-22)13-37/h21-29,32,45H,1-20H2,(H,48,49,50). The van der Waals surface area contributed by atoms with Gasteiger partial charge >= 0.3 is 27.3 Å². The average molecular weight is 811 g/mol. The molecule has 11 aliphatic carbocycles. The Bertz CT molecular complexity index is 1790. The molecule has 56 heavy (non-hydrogen) atoms. The quantitative estimate of drug-likeness (QED) is 0.180. The first-order valence-electron chi connectivity index (χ1n) is 20.8. The predicted octanol–water partition coefficient (Wildman–Crippen LogP) is 4.38. The van der Waals surface area contributed by atoms with Crippen molar-refractivity contribution in [2.24, 2.45) is 69.5 Å². The second-order valence-electron chi connectivity index (χ2n) is 20.4. The van der Waals surface area contributed by atoms with E-state index in [4.69, 9.17) is 28.2 Å². The summed E-state index contributed by atoms with van der Waals surface area (Å²) in [6.07, 6.45) is 8.11. The highest BCUT2D eigenvalue weighted by molar-refractivity contribution is 7.87. The van der Waals surface area contributed by atoms with Crippen LogP contribution in [0, 0.1) is 69.5 Å². The molecule has 0 amide bonds. The molecule has 0 aromatic carbocycles. The van der Waals surface area contributed by atoms with Crippen molar-refractivity contribution in [3.63, 3.8) is 0 Å². The smallest absolute Gasteiger partial charge is 0.464 e. The van der Waals surface area contributed by atoms with Crippen LogP contribution in [0.1, 0.15) is 103 Å². The summed E-state index contributed by atoms with van der Waals surface area (Å²) in [5.74, 6) is -3.26. The van der Waals surface area contributed by atoms with Crippen molar-refractivity contribution in [1.82, 2.24) is 0 Å². The van der Waals surface area contributed by atoms with Gasteiger partial charge in [-0.1, -0.05) is 0 Å². The number of alkyl halides is 2. The molecule has 1 aliphatic heterocycles. The van der Waals surface area contributed by atoms with E-state index in [-0.39, 0.29) is 92.9 Å². The molecule has 310 valence electrons. The second kappa shape index (κ2) is 12.5. The van der Waals surface area contributed by atoms with Crippen LogP contribution >= 0.6 is 0 Å². The Hall–Kier alpha value is -2.11. The van der Waals surface area contributed by atoms with Crippen LogP contribution in [0.4, 0.5) is 8.78 Å². The minimum absolute atomic E-state index is 0.00192. The first-order chi connectivity index (χ1) is 26.4. The predicted molar refractivity (Wildman–Crippen MR) is 185 cm³/mol. The molecule has 1 spiro atoms. The summed E-state index contributed by atoms with van der Waals surface area (Å²) >= 11 is 0. The Kier molecular flexibility index (Phi) is 8.48. The van der Waals surface area contributed by atoms with Crippen molar-refractivity contribution in [3.8, 4) is 0 Å². The molecular formula is C40H52F2O13S. The molecule has 9 atom stereocenters. The Morgan fingerprint density at radius 3 is 2.04 bits per heavy atom. The number of ether oxygens (including phenoxy) is 5. The SMILES string of the molecule is O=C1C2CC3CC1CC(C(=O)OCC1(COC(O)C45CC6CC(C4)C(=O)C(C6)C5)COC4(CC5CCC6(OC(=O)C(F)(F)S(=O)(=O)O)CC5CC4C6)OC1)(C3)C2. The van der Waals surface area contributed by atoms with E-state index in [1.165, 1.54) is 0 Å². The maximum atomic E-state index is 14.4. The number of aliphatic hydroxyl groups is 1. The summed E-state index contributed by atoms with van der Waals surface area (Å²) in [6, 6.07) is 0. The second-order valence-corrected chi connectivity index (χ2v) is 21.9.